The van der Waals surface area contributed by atoms with Gasteiger partial charge < -0.3 is 15.5 Å². The molecule has 0 fully saturated rings. The van der Waals surface area contributed by atoms with E-state index in [2.05, 4.69) is 43.5 Å². The Bertz CT molecular complexity index is 912. The minimum absolute atomic E-state index is 0.0711. The minimum Gasteiger partial charge on any atom is -0.394 e. The quantitative estimate of drug-likeness (QED) is 0.0422. The van der Waals surface area contributed by atoms with Gasteiger partial charge in [-0.1, -0.05) is 269 Å². The van der Waals surface area contributed by atoms with Crippen LogP contribution in [0.1, 0.15) is 296 Å². The van der Waals surface area contributed by atoms with Crippen LogP contribution in [0.15, 0.2) is 36.5 Å². The van der Waals surface area contributed by atoms with Crippen LogP contribution in [-0.4, -0.2) is 34.9 Å². The van der Waals surface area contributed by atoms with Crippen molar-refractivity contribution in [2.75, 3.05) is 6.61 Å². The van der Waals surface area contributed by atoms with Gasteiger partial charge >= 0.3 is 0 Å². The number of aliphatic hydroxyl groups excluding tert-OH is 2. The molecule has 60 heavy (non-hydrogen) atoms. The molecule has 0 aromatic carbocycles. The van der Waals surface area contributed by atoms with Crippen LogP contribution in [0.5, 0.6) is 0 Å². The molecule has 4 nitrogen and oxygen atoms in total. The van der Waals surface area contributed by atoms with E-state index in [4.69, 9.17) is 0 Å². The average Bonchev–Trinajstić information content (AvgIpc) is 3.25. The van der Waals surface area contributed by atoms with Crippen molar-refractivity contribution in [3.63, 3.8) is 0 Å². The Morgan fingerprint density at radius 1 is 0.383 bits per heavy atom. The zero-order chi connectivity index (χ0) is 43.5. The molecule has 3 N–H and O–H groups in total. The van der Waals surface area contributed by atoms with Gasteiger partial charge in [0.2, 0.25) is 5.91 Å². The molecule has 4 heteroatoms. The van der Waals surface area contributed by atoms with Crippen LogP contribution < -0.4 is 5.32 Å². The zero-order valence-electron chi connectivity index (χ0n) is 40.7. The first-order valence-corrected chi connectivity index (χ1v) is 27.2. The summed E-state index contributed by atoms with van der Waals surface area (Å²) in [5.74, 6) is -0.0711. The molecular weight excluding hydrogens is 735 g/mol. The molecule has 2 unspecified atom stereocenters. The highest BCUT2D eigenvalue weighted by Crippen LogP contribution is 2.17. The molecule has 0 radical (unpaired) electrons. The van der Waals surface area contributed by atoms with Crippen molar-refractivity contribution in [2.45, 2.75) is 309 Å². The maximum Gasteiger partial charge on any atom is 0.220 e. The Hall–Kier alpha value is -1.39. The summed E-state index contributed by atoms with van der Waals surface area (Å²) in [6.45, 7) is 4.33. The van der Waals surface area contributed by atoms with Crippen LogP contribution in [0.2, 0.25) is 0 Å². The van der Waals surface area contributed by atoms with Gasteiger partial charge in [-0.05, 0) is 57.8 Å². The van der Waals surface area contributed by atoms with Crippen molar-refractivity contribution in [2.24, 2.45) is 0 Å². The molecule has 0 aliphatic rings. The van der Waals surface area contributed by atoms with Crippen molar-refractivity contribution in [1.82, 2.24) is 5.32 Å². The molecule has 0 bridgehead atoms. The number of hydrogen-bond acceptors (Lipinski definition) is 3. The predicted molar refractivity (Wildman–Crippen MR) is 267 cm³/mol. The smallest absolute Gasteiger partial charge is 0.220 e. The summed E-state index contributed by atoms with van der Waals surface area (Å²) in [6, 6.07) is -0.639. The van der Waals surface area contributed by atoms with Crippen molar-refractivity contribution in [3.05, 3.63) is 36.5 Å². The normalized spacial score (nSPS) is 13.1. The van der Waals surface area contributed by atoms with Crippen molar-refractivity contribution in [3.8, 4) is 0 Å². The number of unbranched alkanes of at least 4 members (excludes halogenated alkanes) is 39. The Morgan fingerprint density at radius 3 is 0.967 bits per heavy atom. The van der Waals surface area contributed by atoms with E-state index in [1.165, 1.54) is 244 Å². The van der Waals surface area contributed by atoms with Gasteiger partial charge in [0, 0.05) is 6.42 Å². The van der Waals surface area contributed by atoms with E-state index in [0.29, 0.717) is 6.42 Å². The number of nitrogens with one attached hydrogen (secondary N) is 1. The highest BCUT2D eigenvalue weighted by atomic mass is 16.3. The molecule has 0 heterocycles. The second-order valence-corrected chi connectivity index (χ2v) is 18.6. The fraction of sp³-hybridized carbons (Fsp3) is 0.875. The maximum atomic E-state index is 12.5. The topological polar surface area (TPSA) is 69.6 Å². The van der Waals surface area contributed by atoms with Gasteiger partial charge in [0.1, 0.15) is 0 Å². The maximum absolute atomic E-state index is 12.5. The monoisotopic (exact) mass is 842 g/mol. The van der Waals surface area contributed by atoms with Gasteiger partial charge in [0.25, 0.3) is 0 Å². The second-order valence-electron chi connectivity index (χ2n) is 18.6. The fourth-order valence-corrected chi connectivity index (χ4v) is 8.43. The fourth-order valence-electron chi connectivity index (χ4n) is 8.43. The highest BCUT2D eigenvalue weighted by Gasteiger charge is 2.18. The number of amides is 1. The van der Waals surface area contributed by atoms with E-state index in [9.17, 15) is 15.0 Å². The largest absolute Gasteiger partial charge is 0.394 e. The van der Waals surface area contributed by atoms with Gasteiger partial charge in [0.05, 0.1) is 18.8 Å². The number of aliphatic hydroxyl groups is 2. The van der Waals surface area contributed by atoms with Gasteiger partial charge in [-0.25, -0.2) is 0 Å². The number of carbonyl (C=O) groups is 1. The molecule has 0 aliphatic heterocycles. The Kier molecular flexibility index (Phi) is 50.8. The first kappa shape index (κ1) is 58.6. The molecule has 354 valence electrons. The summed E-state index contributed by atoms with van der Waals surface area (Å²) in [4.78, 5) is 12.5. The van der Waals surface area contributed by atoms with Crippen LogP contribution in [0.3, 0.4) is 0 Å². The third-order valence-corrected chi connectivity index (χ3v) is 12.6. The summed E-state index contributed by atoms with van der Waals surface area (Å²) in [6.07, 6.45) is 70.1. The number of hydrogen-bond donors (Lipinski definition) is 3. The van der Waals surface area contributed by atoms with Gasteiger partial charge in [-0.2, -0.15) is 0 Å². The summed E-state index contributed by atoms with van der Waals surface area (Å²) in [7, 11) is 0. The third-order valence-electron chi connectivity index (χ3n) is 12.6. The lowest BCUT2D eigenvalue weighted by Gasteiger charge is -2.19. The van der Waals surface area contributed by atoms with E-state index in [-0.39, 0.29) is 12.5 Å². The lowest BCUT2D eigenvalue weighted by Crippen LogP contribution is -2.45. The third kappa shape index (κ3) is 47.7. The van der Waals surface area contributed by atoms with Crippen molar-refractivity contribution in [1.29, 1.82) is 0 Å². The molecule has 0 aliphatic carbocycles. The predicted octanol–water partition coefficient (Wildman–Crippen LogP) is 17.7. The number of carbonyl (C=O) groups excluding carboxylic acids is 1. The zero-order valence-corrected chi connectivity index (χ0v) is 40.7. The van der Waals surface area contributed by atoms with Gasteiger partial charge in [0.15, 0.2) is 0 Å². The SMILES string of the molecule is CCCCCCCCCC/C=C\CCCCCCCCCCCCCC(=O)NC(CO)C(O)/C=C/CC/C=C/CCCCCCCCCCCCCCCCCCCCC. The summed E-state index contributed by atoms with van der Waals surface area (Å²) in [5.41, 5.74) is 0. The molecule has 0 aromatic rings. The Morgan fingerprint density at radius 2 is 0.650 bits per heavy atom. The lowest BCUT2D eigenvalue weighted by atomic mass is 10.0. The van der Waals surface area contributed by atoms with E-state index < -0.39 is 12.1 Å². The first-order chi connectivity index (χ1) is 29.7. The van der Waals surface area contributed by atoms with Crippen molar-refractivity contribution < 1.29 is 15.0 Å². The van der Waals surface area contributed by atoms with Crippen molar-refractivity contribution >= 4 is 5.91 Å². The molecule has 0 spiro atoms. The van der Waals surface area contributed by atoms with E-state index in [1.54, 1.807) is 6.08 Å². The summed E-state index contributed by atoms with van der Waals surface area (Å²) >= 11 is 0. The molecule has 1 amide bonds. The Balaban J connectivity index is 3.53. The van der Waals surface area contributed by atoms with Crippen LogP contribution in [0.25, 0.3) is 0 Å². The van der Waals surface area contributed by atoms with Crippen LogP contribution >= 0.6 is 0 Å². The standard InChI is InChI=1S/C56H107NO3/c1-3-5-7-9-11-13-15-17-19-21-23-25-27-28-30-31-33-35-37-39-41-43-45-47-49-51-55(59)54(53-58)57-56(60)52-50-48-46-44-42-40-38-36-34-32-29-26-24-22-20-18-16-14-12-10-8-6-4-2/h22,24,41,43,49,51,54-55,58-59H,3-21,23,25-40,42,44-48,50,52-53H2,1-2H3,(H,57,60)/b24-22-,43-41+,51-49+. The second kappa shape index (κ2) is 52.0. The molecule has 0 aromatic heterocycles. The van der Waals surface area contributed by atoms with Gasteiger partial charge in [-0.3, -0.25) is 4.79 Å². The van der Waals surface area contributed by atoms with E-state index >= 15 is 0 Å². The molecule has 0 saturated heterocycles. The van der Waals surface area contributed by atoms with Crippen LogP contribution in [-0.2, 0) is 4.79 Å². The van der Waals surface area contributed by atoms with E-state index in [0.717, 1.165) is 32.1 Å². The van der Waals surface area contributed by atoms with Crippen LogP contribution in [0, 0.1) is 0 Å². The first-order valence-electron chi connectivity index (χ1n) is 27.2. The lowest BCUT2D eigenvalue weighted by molar-refractivity contribution is -0.123. The number of rotatable bonds is 50. The minimum atomic E-state index is -0.862. The number of allylic oxidation sites excluding steroid dienone is 5. The molecule has 2 atom stereocenters. The summed E-state index contributed by atoms with van der Waals surface area (Å²) in [5, 5.41) is 23.1. The van der Waals surface area contributed by atoms with E-state index in [1.807, 2.05) is 6.08 Å². The van der Waals surface area contributed by atoms with Crippen LogP contribution in [0.4, 0.5) is 0 Å². The Labute approximate surface area is 376 Å². The molecule has 0 saturated carbocycles. The average molecular weight is 842 g/mol. The molecular formula is C56H107NO3. The highest BCUT2D eigenvalue weighted by molar-refractivity contribution is 5.76. The summed E-state index contributed by atoms with van der Waals surface area (Å²) < 4.78 is 0. The molecule has 0 rings (SSSR count). The van der Waals surface area contributed by atoms with Gasteiger partial charge in [-0.15, -0.1) is 0 Å².